The predicted molar refractivity (Wildman–Crippen MR) is 96.2 cm³/mol. The van der Waals surface area contributed by atoms with Gasteiger partial charge in [-0.2, -0.15) is 4.98 Å². The fourth-order valence-corrected chi connectivity index (χ4v) is 3.83. The average Bonchev–Trinajstić information content (AvgIpc) is 3.05. The van der Waals surface area contributed by atoms with Gasteiger partial charge in [-0.3, -0.25) is 4.42 Å². The number of fused-ring (bicyclic) bond motifs is 6. The Hall–Kier alpha value is -2.74. The molecule has 0 bridgehead atoms. The molecule has 8 nitrogen and oxygen atoms in total. The van der Waals surface area contributed by atoms with E-state index in [2.05, 4.69) is 34.1 Å². The summed E-state index contributed by atoms with van der Waals surface area (Å²) in [6, 6.07) is 8.21. The Bertz CT molecular complexity index is 979. The van der Waals surface area contributed by atoms with E-state index in [1.54, 1.807) is 4.42 Å². The second kappa shape index (κ2) is 4.70. The van der Waals surface area contributed by atoms with Gasteiger partial charge in [0.05, 0.1) is 11.9 Å². The van der Waals surface area contributed by atoms with Crippen molar-refractivity contribution in [2.75, 3.05) is 23.2 Å². The SMILES string of the molecule is CC1(c2nc(N3CN=C4c5ccccc5N5CN(Cl)C=C5N43)no2)CC1. The molecule has 1 aromatic carbocycles. The number of halogens is 1. The Morgan fingerprint density at radius 3 is 2.92 bits per heavy atom. The molecule has 132 valence electrons. The van der Waals surface area contributed by atoms with Crippen molar-refractivity contribution >= 4 is 29.2 Å². The van der Waals surface area contributed by atoms with Crippen molar-refractivity contribution in [1.82, 2.24) is 19.6 Å². The highest BCUT2D eigenvalue weighted by atomic mass is 35.5. The van der Waals surface area contributed by atoms with E-state index < -0.39 is 0 Å². The van der Waals surface area contributed by atoms with Crippen LogP contribution in [-0.4, -0.2) is 38.7 Å². The fraction of sp³-hybridized carbons (Fsp3) is 0.353. The summed E-state index contributed by atoms with van der Waals surface area (Å²) in [6.07, 6.45) is 4.08. The van der Waals surface area contributed by atoms with Crippen molar-refractivity contribution in [3.63, 3.8) is 0 Å². The molecule has 1 aliphatic carbocycles. The molecule has 0 radical (unpaired) electrons. The lowest BCUT2D eigenvalue weighted by Gasteiger charge is -2.39. The highest BCUT2D eigenvalue weighted by Gasteiger charge is 2.47. The molecule has 0 unspecified atom stereocenters. The molecule has 9 heteroatoms. The number of nitrogens with zero attached hydrogens (tertiary/aromatic N) is 7. The van der Waals surface area contributed by atoms with E-state index in [0.29, 0.717) is 25.2 Å². The Labute approximate surface area is 155 Å². The molecular formula is C17H16ClN7O. The first-order valence-electron chi connectivity index (χ1n) is 8.61. The van der Waals surface area contributed by atoms with Gasteiger partial charge in [-0.25, -0.2) is 15.0 Å². The maximum atomic E-state index is 6.29. The number of hydrazine groups is 1. The number of rotatable bonds is 2. The van der Waals surface area contributed by atoms with Crippen LogP contribution in [0.4, 0.5) is 11.6 Å². The van der Waals surface area contributed by atoms with E-state index in [0.717, 1.165) is 35.7 Å². The zero-order valence-electron chi connectivity index (χ0n) is 14.1. The van der Waals surface area contributed by atoms with Crippen LogP contribution in [0.2, 0.25) is 0 Å². The zero-order valence-corrected chi connectivity index (χ0v) is 14.9. The van der Waals surface area contributed by atoms with E-state index in [9.17, 15) is 0 Å². The van der Waals surface area contributed by atoms with Crippen molar-refractivity contribution in [2.45, 2.75) is 25.2 Å². The van der Waals surface area contributed by atoms with Gasteiger partial charge in [0.25, 0.3) is 5.95 Å². The summed E-state index contributed by atoms with van der Waals surface area (Å²) < 4.78 is 7.17. The molecule has 1 aromatic heterocycles. The minimum Gasteiger partial charge on any atom is -0.337 e. The molecule has 6 rings (SSSR count). The van der Waals surface area contributed by atoms with Crippen molar-refractivity contribution < 1.29 is 4.52 Å². The van der Waals surface area contributed by atoms with Crippen LogP contribution >= 0.6 is 11.8 Å². The van der Waals surface area contributed by atoms with Gasteiger partial charge in [-0.05, 0) is 30.1 Å². The number of aliphatic imine (C=N–C) groups is 1. The Balaban J connectivity index is 1.45. The minimum atomic E-state index is 0.0365. The summed E-state index contributed by atoms with van der Waals surface area (Å²) >= 11 is 6.29. The lowest BCUT2D eigenvalue weighted by atomic mass is 10.1. The molecule has 4 aliphatic rings. The molecule has 1 fully saturated rings. The van der Waals surface area contributed by atoms with E-state index in [4.69, 9.17) is 21.3 Å². The van der Waals surface area contributed by atoms with Gasteiger partial charge in [0.15, 0.2) is 11.7 Å². The summed E-state index contributed by atoms with van der Waals surface area (Å²) in [6.45, 7) is 3.16. The molecule has 0 N–H and O–H groups in total. The molecule has 0 atom stereocenters. The first kappa shape index (κ1) is 14.4. The van der Waals surface area contributed by atoms with Crippen molar-refractivity contribution in [1.29, 1.82) is 0 Å². The number of benzene rings is 1. The maximum Gasteiger partial charge on any atom is 0.287 e. The first-order chi connectivity index (χ1) is 12.6. The third kappa shape index (κ3) is 1.82. The van der Waals surface area contributed by atoms with Crippen LogP contribution < -0.4 is 9.91 Å². The Morgan fingerprint density at radius 1 is 1.23 bits per heavy atom. The summed E-state index contributed by atoms with van der Waals surface area (Å²) in [5, 5.41) is 8.17. The van der Waals surface area contributed by atoms with E-state index >= 15 is 0 Å². The number of para-hydroxylation sites is 1. The normalized spacial score (nSPS) is 22.1. The van der Waals surface area contributed by atoms with Gasteiger partial charge in [0.2, 0.25) is 5.89 Å². The summed E-state index contributed by atoms with van der Waals surface area (Å²) in [7, 11) is 0. The summed E-state index contributed by atoms with van der Waals surface area (Å²) in [5.74, 6) is 3.03. The highest BCUT2D eigenvalue weighted by molar-refractivity contribution is 6.15. The van der Waals surface area contributed by atoms with Gasteiger partial charge < -0.3 is 9.42 Å². The minimum absolute atomic E-state index is 0.0365. The maximum absolute atomic E-state index is 6.29. The van der Waals surface area contributed by atoms with Crippen LogP contribution in [0.25, 0.3) is 0 Å². The smallest absolute Gasteiger partial charge is 0.287 e. The van der Waals surface area contributed by atoms with Crippen LogP contribution in [-0.2, 0) is 5.41 Å². The molecule has 3 aliphatic heterocycles. The van der Waals surface area contributed by atoms with Crippen molar-refractivity contribution in [3.05, 3.63) is 47.7 Å². The van der Waals surface area contributed by atoms with E-state index in [-0.39, 0.29) is 5.41 Å². The number of hydrogen-bond acceptors (Lipinski definition) is 8. The van der Waals surface area contributed by atoms with Crippen molar-refractivity contribution in [2.24, 2.45) is 4.99 Å². The fourth-order valence-electron chi connectivity index (χ4n) is 3.64. The van der Waals surface area contributed by atoms with Gasteiger partial charge in [-0.15, -0.1) is 0 Å². The molecular weight excluding hydrogens is 354 g/mol. The van der Waals surface area contributed by atoms with E-state index in [1.807, 2.05) is 28.4 Å². The largest absolute Gasteiger partial charge is 0.337 e. The summed E-state index contributed by atoms with van der Waals surface area (Å²) in [4.78, 5) is 11.5. The zero-order chi connectivity index (χ0) is 17.5. The lowest BCUT2D eigenvalue weighted by Crippen LogP contribution is -2.49. The second-order valence-electron chi connectivity index (χ2n) is 7.27. The van der Waals surface area contributed by atoms with Crippen LogP contribution in [0, 0.1) is 0 Å². The van der Waals surface area contributed by atoms with Crippen molar-refractivity contribution in [3.8, 4) is 0 Å². The third-order valence-corrected chi connectivity index (χ3v) is 5.62. The Morgan fingerprint density at radius 2 is 2.08 bits per heavy atom. The van der Waals surface area contributed by atoms with Gasteiger partial charge in [0, 0.05) is 22.8 Å². The van der Waals surface area contributed by atoms with Crippen LogP contribution in [0.5, 0.6) is 0 Å². The number of anilines is 2. The average molecular weight is 370 g/mol. The lowest BCUT2D eigenvalue weighted by molar-refractivity contribution is 0.349. The van der Waals surface area contributed by atoms with Gasteiger partial charge >= 0.3 is 0 Å². The second-order valence-corrected chi connectivity index (χ2v) is 7.70. The number of hydrogen-bond donors (Lipinski definition) is 0. The molecule has 0 spiro atoms. The molecule has 0 saturated heterocycles. The molecule has 2 aromatic rings. The van der Waals surface area contributed by atoms with Crippen LogP contribution in [0.15, 0.2) is 45.8 Å². The predicted octanol–water partition coefficient (Wildman–Crippen LogP) is 2.61. The first-order valence-corrected chi connectivity index (χ1v) is 8.95. The van der Waals surface area contributed by atoms with Gasteiger partial charge in [-0.1, -0.05) is 19.1 Å². The molecule has 4 heterocycles. The van der Waals surface area contributed by atoms with Crippen LogP contribution in [0.3, 0.4) is 0 Å². The topological polar surface area (TPSA) is 64.2 Å². The highest BCUT2D eigenvalue weighted by Crippen LogP contribution is 2.47. The summed E-state index contributed by atoms with van der Waals surface area (Å²) in [5.41, 5.74) is 2.20. The van der Waals surface area contributed by atoms with Crippen LogP contribution in [0.1, 0.15) is 31.2 Å². The number of aromatic nitrogens is 2. The quantitative estimate of drug-likeness (QED) is 0.754. The molecule has 0 amide bonds. The van der Waals surface area contributed by atoms with Gasteiger partial charge in [0.1, 0.15) is 13.3 Å². The Kier molecular flexibility index (Phi) is 2.61. The molecule has 26 heavy (non-hydrogen) atoms. The number of amidine groups is 1. The third-order valence-electron chi connectivity index (χ3n) is 5.42. The monoisotopic (exact) mass is 369 g/mol. The molecule has 1 saturated carbocycles. The standard InChI is InChI=1S/C17H16ClN7O/c1-17(6-7-17)15-20-16(21-26-15)24-9-19-14-11-4-2-3-5-12(11)23-10-22(18)8-13(23)25(14)24/h2-5,8H,6-7,9-10H2,1H3. The van der Waals surface area contributed by atoms with E-state index in [1.165, 1.54) is 0 Å².